The van der Waals surface area contributed by atoms with Crippen molar-refractivity contribution in [2.75, 3.05) is 5.73 Å². The van der Waals surface area contributed by atoms with Gasteiger partial charge in [0.15, 0.2) is 5.82 Å². The number of nitrogens with zero attached hydrogens (tertiary/aromatic N) is 5. The zero-order chi connectivity index (χ0) is 16.8. The standard InChI is InChI=1S/C11H7F3N6O2S/c12-11(13,14)9-16-10-18-17-8(7(15)20(10)19-9)23(21,22)6-4-2-1-3-5-6/h1-5H,15H2. The van der Waals surface area contributed by atoms with Crippen molar-refractivity contribution in [1.29, 1.82) is 0 Å². The van der Waals surface area contributed by atoms with Crippen molar-refractivity contribution < 1.29 is 21.6 Å². The molecule has 0 unspecified atom stereocenters. The molecule has 0 spiro atoms. The van der Waals surface area contributed by atoms with Crippen LogP contribution in [0.5, 0.6) is 0 Å². The molecule has 3 rings (SSSR count). The third-order valence-corrected chi connectivity index (χ3v) is 4.52. The Bertz CT molecular complexity index is 984. The fraction of sp³-hybridized carbons (Fsp3) is 0.0909. The lowest BCUT2D eigenvalue weighted by Gasteiger charge is -2.06. The molecule has 2 aromatic heterocycles. The minimum Gasteiger partial charge on any atom is -0.381 e. The summed E-state index contributed by atoms with van der Waals surface area (Å²) in [4.78, 5) is 2.99. The van der Waals surface area contributed by atoms with Gasteiger partial charge in [0, 0.05) is 0 Å². The molecule has 12 heteroatoms. The van der Waals surface area contributed by atoms with Gasteiger partial charge in [-0.3, -0.25) is 0 Å². The lowest BCUT2D eigenvalue weighted by Crippen LogP contribution is -2.14. The third-order valence-electron chi connectivity index (χ3n) is 2.83. The predicted molar refractivity (Wildman–Crippen MR) is 69.9 cm³/mol. The van der Waals surface area contributed by atoms with Gasteiger partial charge in [-0.1, -0.05) is 18.2 Å². The molecule has 0 aliphatic heterocycles. The number of hydrogen-bond acceptors (Lipinski definition) is 7. The molecular weight excluding hydrogens is 337 g/mol. The largest absolute Gasteiger partial charge is 0.453 e. The van der Waals surface area contributed by atoms with Gasteiger partial charge < -0.3 is 5.73 Å². The van der Waals surface area contributed by atoms with Gasteiger partial charge in [-0.05, 0) is 12.1 Å². The smallest absolute Gasteiger partial charge is 0.381 e. The highest BCUT2D eigenvalue weighted by Crippen LogP contribution is 2.28. The van der Waals surface area contributed by atoms with Crippen molar-refractivity contribution >= 4 is 21.4 Å². The van der Waals surface area contributed by atoms with E-state index in [1.165, 1.54) is 24.3 Å². The Morgan fingerprint density at radius 1 is 1.09 bits per heavy atom. The number of hydrogen-bond donors (Lipinski definition) is 1. The van der Waals surface area contributed by atoms with E-state index in [4.69, 9.17) is 5.73 Å². The van der Waals surface area contributed by atoms with Gasteiger partial charge in [0.25, 0.3) is 11.6 Å². The van der Waals surface area contributed by atoms with Crippen molar-refractivity contribution in [3.05, 3.63) is 36.2 Å². The fourth-order valence-corrected chi connectivity index (χ4v) is 3.03. The molecule has 0 aliphatic carbocycles. The molecule has 0 amide bonds. The Morgan fingerprint density at radius 3 is 2.35 bits per heavy atom. The SMILES string of the molecule is Nc1c(S(=O)(=O)c2ccccc2)nnc2nc(C(F)(F)F)nn12. The highest BCUT2D eigenvalue weighted by Gasteiger charge is 2.37. The van der Waals surface area contributed by atoms with Crippen molar-refractivity contribution in [2.24, 2.45) is 0 Å². The van der Waals surface area contributed by atoms with Crippen LogP contribution in [0.1, 0.15) is 5.82 Å². The Balaban J connectivity index is 2.22. The topological polar surface area (TPSA) is 116 Å². The van der Waals surface area contributed by atoms with E-state index < -0.39 is 38.5 Å². The summed E-state index contributed by atoms with van der Waals surface area (Å²) in [6.07, 6.45) is -4.82. The monoisotopic (exact) mass is 344 g/mol. The molecule has 8 nitrogen and oxygen atoms in total. The number of nitrogens with two attached hydrogens (primary N) is 1. The zero-order valence-corrected chi connectivity index (χ0v) is 11.9. The number of anilines is 1. The molecule has 0 radical (unpaired) electrons. The molecule has 23 heavy (non-hydrogen) atoms. The average Bonchev–Trinajstić information content (AvgIpc) is 2.93. The van der Waals surface area contributed by atoms with Crippen LogP contribution in [0.4, 0.5) is 19.0 Å². The lowest BCUT2D eigenvalue weighted by molar-refractivity contribution is -0.144. The van der Waals surface area contributed by atoms with E-state index in [2.05, 4.69) is 20.3 Å². The molecule has 0 aliphatic rings. The first kappa shape index (κ1) is 15.1. The highest BCUT2D eigenvalue weighted by molar-refractivity contribution is 7.91. The fourth-order valence-electron chi connectivity index (χ4n) is 1.78. The molecule has 0 saturated carbocycles. The van der Waals surface area contributed by atoms with Gasteiger partial charge in [-0.25, -0.2) is 8.42 Å². The first-order chi connectivity index (χ1) is 10.7. The minimum atomic E-state index is -4.82. The first-order valence-corrected chi connectivity index (χ1v) is 7.46. The Hall–Kier alpha value is -2.76. The average molecular weight is 344 g/mol. The van der Waals surface area contributed by atoms with Gasteiger partial charge in [0.05, 0.1) is 4.90 Å². The van der Waals surface area contributed by atoms with E-state index in [1.54, 1.807) is 6.07 Å². The molecule has 0 atom stereocenters. The van der Waals surface area contributed by atoms with Crippen molar-refractivity contribution in [1.82, 2.24) is 24.8 Å². The van der Waals surface area contributed by atoms with E-state index >= 15 is 0 Å². The summed E-state index contributed by atoms with van der Waals surface area (Å²) in [7, 11) is -4.16. The number of rotatable bonds is 2. The second-order valence-corrected chi connectivity index (χ2v) is 6.22. The van der Waals surface area contributed by atoms with E-state index in [0.717, 1.165) is 0 Å². The van der Waals surface area contributed by atoms with Crippen LogP contribution in [0.2, 0.25) is 0 Å². The van der Waals surface area contributed by atoms with Gasteiger partial charge in [0.2, 0.25) is 14.9 Å². The summed E-state index contributed by atoms with van der Waals surface area (Å²) in [6.45, 7) is 0. The maximum Gasteiger partial charge on any atom is 0.453 e. The van der Waals surface area contributed by atoms with E-state index in [0.29, 0.717) is 4.52 Å². The van der Waals surface area contributed by atoms with Crippen LogP contribution in [0.25, 0.3) is 5.78 Å². The molecule has 0 fully saturated rings. The first-order valence-electron chi connectivity index (χ1n) is 5.97. The van der Waals surface area contributed by atoms with E-state index in [9.17, 15) is 21.6 Å². The number of fused-ring (bicyclic) bond motifs is 1. The second kappa shape index (κ2) is 4.87. The summed E-state index contributed by atoms with van der Waals surface area (Å²) >= 11 is 0. The number of nitrogen functional groups attached to an aromatic ring is 1. The van der Waals surface area contributed by atoms with Crippen molar-refractivity contribution in [3.63, 3.8) is 0 Å². The summed E-state index contributed by atoms with van der Waals surface area (Å²) in [6, 6.07) is 7.15. The maximum absolute atomic E-state index is 12.6. The molecule has 2 heterocycles. The lowest BCUT2D eigenvalue weighted by atomic mass is 10.4. The molecule has 2 N–H and O–H groups in total. The van der Waals surface area contributed by atoms with E-state index in [-0.39, 0.29) is 4.90 Å². The van der Waals surface area contributed by atoms with Gasteiger partial charge in [-0.15, -0.1) is 15.3 Å². The van der Waals surface area contributed by atoms with E-state index in [1.807, 2.05) is 0 Å². The minimum absolute atomic E-state index is 0.128. The van der Waals surface area contributed by atoms with Crippen LogP contribution in [0.3, 0.4) is 0 Å². The Morgan fingerprint density at radius 2 is 1.74 bits per heavy atom. The van der Waals surface area contributed by atoms with Crippen LogP contribution in [-0.2, 0) is 16.0 Å². The van der Waals surface area contributed by atoms with Crippen molar-refractivity contribution in [3.8, 4) is 0 Å². The normalized spacial score (nSPS) is 12.7. The molecule has 1 aromatic carbocycles. The quantitative estimate of drug-likeness (QED) is 0.736. The summed E-state index contributed by atoms with van der Waals surface area (Å²) in [5, 5.41) is 9.19. The number of sulfone groups is 1. The van der Waals surface area contributed by atoms with Crippen LogP contribution in [0.15, 0.2) is 40.3 Å². The Kier molecular flexibility index (Phi) is 3.21. The number of halogens is 3. The summed E-state index contributed by atoms with van der Waals surface area (Å²) < 4.78 is 63.2. The zero-order valence-electron chi connectivity index (χ0n) is 11.1. The predicted octanol–water partition coefficient (Wildman–Crippen LogP) is 0.953. The summed E-state index contributed by atoms with van der Waals surface area (Å²) in [5.41, 5.74) is 5.61. The second-order valence-electron chi connectivity index (χ2n) is 4.35. The van der Waals surface area contributed by atoms with Crippen LogP contribution < -0.4 is 5.73 Å². The molecule has 0 saturated heterocycles. The van der Waals surface area contributed by atoms with Crippen molar-refractivity contribution in [2.45, 2.75) is 16.1 Å². The van der Waals surface area contributed by atoms with Crippen LogP contribution in [-0.4, -0.2) is 33.2 Å². The van der Waals surface area contributed by atoms with Crippen LogP contribution in [0, 0.1) is 0 Å². The highest BCUT2D eigenvalue weighted by atomic mass is 32.2. The number of alkyl halides is 3. The molecule has 120 valence electrons. The molecular formula is C11H7F3N6O2S. The molecule has 3 aromatic rings. The maximum atomic E-state index is 12.6. The van der Waals surface area contributed by atoms with Crippen LogP contribution >= 0.6 is 0 Å². The Labute approximate surface area is 126 Å². The third kappa shape index (κ3) is 2.46. The number of aromatic nitrogens is 5. The van der Waals surface area contributed by atoms with Gasteiger partial charge in [-0.2, -0.15) is 22.7 Å². The molecule has 0 bridgehead atoms. The number of benzene rings is 1. The van der Waals surface area contributed by atoms with Gasteiger partial charge >= 0.3 is 6.18 Å². The van der Waals surface area contributed by atoms with Gasteiger partial charge in [0.1, 0.15) is 0 Å². The summed E-state index contributed by atoms with van der Waals surface area (Å²) in [5.74, 6) is -2.66.